The standard InChI is InChI=1S/C21H21N5O6/c1-23-21(11-31-20(29)30-10-9-13-5-3-2-4-6-13)18(28)16(27)17(32-21)14-7-8-15-19(22)24-12-25-26(14)15/h2-8,12,16-18,27-28H,9-11H2,(H2,22,24,25)/t16-,17-,18-,21+/m0/s1. The predicted octanol–water partition coefficient (Wildman–Crippen LogP) is 1.12. The number of carbonyl (C=O) groups excluding carboxylic acids is 1. The molecule has 1 aliphatic rings. The number of rotatable bonds is 6. The Hall–Kier alpha value is -3.72. The highest BCUT2D eigenvalue weighted by atomic mass is 16.7. The van der Waals surface area contributed by atoms with E-state index in [-0.39, 0.29) is 12.4 Å². The lowest BCUT2D eigenvalue weighted by molar-refractivity contribution is -0.0920. The number of benzene rings is 1. The zero-order chi connectivity index (χ0) is 22.7. The summed E-state index contributed by atoms with van der Waals surface area (Å²) in [6.45, 7) is 6.97. The molecule has 3 heterocycles. The molecule has 4 rings (SSSR count). The van der Waals surface area contributed by atoms with Crippen LogP contribution in [0.25, 0.3) is 10.4 Å². The lowest BCUT2D eigenvalue weighted by Gasteiger charge is -2.19. The van der Waals surface area contributed by atoms with Crippen LogP contribution in [0.4, 0.5) is 10.6 Å². The first-order valence-electron chi connectivity index (χ1n) is 9.79. The zero-order valence-corrected chi connectivity index (χ0v) is 16.9. The fourth-order valence-electron chi connectivity index (χ4n) is 3.56. The van der Waals surface area contributed by atoms with Crippen LogP contribution in [0.5, 0.6) is 0 Å². The molecular weight excluding hydrogens is 418 g/mol. The average molecular weight is 439 g/mol. The highest BCUT2D eigenvalue weighted by Gasteiger charge is 2.62. The second kappa shape index (κ2) is 8.80. The molecule has 3 aromatic rings. The minimum absolute atomic E-state index is 0.0831. The van der Waals surface area contributed by atoms with Crippen molar-refractivity contribution in [2.45, 2.75) is 30.5 Å². The van der Waals surface area contributed by atoms with Crippen molar-refractivity contribution in [3.05, 3.63) is 71.5 Å². The maximum atomic E-state index is 12.0. The highest BCUT2D eigenvalue weighted by Crippen LogP contribution is 2.41. The normalized spacial score (nSPS) is 24.8. The van der Waals surface area contributed by atoms with Crippen LogP contribution < -0.4 is 5.73 Å². The third-order valence-corrected chi connectivity index (χ3v) is 5.27. The number of anilines is 1. The topological polar surface area (TPSA) is 146 Å². The van der Waals surface area contributed by atoms with Gasteiger partial charge in [-0.25, -0.2) is 20.9 Å². The van der Waals surface area contributed by atoms with Crippen molar-refractivity contribution in [1.29, 1.82) is 0 Å². The number of aromatic nitrogens is 3. The molecule has 4 N–H and O–H groups in total. The molecule has 1 fully saturated rings. The predicted molar refractivity (Wildman–Crippen MR) is 110 cm³/mol. The van der Waals surface area contributed by atoms with Crippen molar-refractivity contribution in [2.75, 3.05) is 18.9 Å². The molecule has 0 amide bonds. The van der Waals surface area contributed by atoms with Gasteiger partial charge in [0.1, 0.15) is 24.1 Å². The fraction of sp³-hybridized carbons (Fsp3) is 0.333. The summed E-state index contributed by atoms with van der Waals surface area (Å²) in [6.07, 6.45) is -3.51. The summed E-state index contributed by atoms with van der Waals surface area (Å²) in [7, 11) is 0. The maximum absolute atomic E-state index is 12.0. The van der Waals surface area contributed by atoms with Crippen molar-refractivity contribution in [2.24, 2.45) is 0 Å². The van der Waals surface area contributed by atoms with Crippen molar-refractivity contribution in [1.82, 2.24) is 14.6 Å². The summed E-state index contributed by atoms with van der Waals surface area (Å²) in [6, 6.07) is 12.7. The van der Waals surface area contributed by atoms with E-state index in [4.69, 9.17) is 26.5 Å². The molecule has 0 bridgehead atoms. The van der Waals surface area contributed by atoms with Crippen LogP contribution in [-0.2, 0) is 20.6 Å². The van der Waals surface area contributed by atoms with Gasteiger partial charge in [0.25, 0.3) is 0 Å². The number of hydrogen-bond acceptors (Lipinski definition) is 9. The molecule has 1 aromatic carbocycles. The summed E-state index contributed by atoms with van der Waals surface area (Å²) in [5.74, 6) is 0.220. The van der Waals surface area contributed by atoms with Gasteiger partial charge in [0, 0.05) is 6.42 Å². The van der Waals surface area contributed by atoms with E-state index in [9.17, 15) is 15.0 Å². The molecule has 0 aliphatic carbocycles. The lowest BCUT2D eigenvalue weighted by Crippen LogP contribution is -2.44. The Morgan fingerprint density at radius 3 is 2.78 bits per heavy atom. The van der Waals surface area contributed by atoms with Crippen LogP contribution in [0.2, 0.25) is 0 Å². The quantitative estimate of drug-likeness (QED) is 0.380. The average Bonchev–Trinajstić information content (AvgIpc) is 3.34. The van der Waals surface area contributed by atoms with Crippen molar-refractivity contribution in [3.63, 3.8) is 0 Å². The Morgan fingerprint density at radius 2 is 2.03 bits per heavy atom. The molecule has 166 valence electrons. The summed E-state index contributed by atoms with van der Waals surface area (Å²) in [5, 5.41) is 25.2. The van der Waals surface area contributed by atoms with Gasteiger partial charge in [0.2, 0.25) is 6.61 Å². The fourth-order valence-corrected chi connectivity index (χ4v) is 3.56. The van der Waals surface area contributed by atoms with E-state index < -0.39 is 36.8 Å². The van der Waals surface area contributed by atoms with Crippen LogP contribution in [0.15, 0.2) is 48.8 Å². The van der Waals surface area contributed by atoms with E-state index in [1.807, 2.05) is 30.3 Å². The van der Waals surface area contributed by atoms with Crippen LogP contribution in [0.3, 0.4) is 0 Å². The van der Waals surface area contributed by atoms with E-state index in [1.54, 1.807) is 12.1 Å². The molecule has 11 heteroatoms. The maximum Gasteiger partial charge on any atom is 0.508 e. The number of nitrogens with two attached hydrogens (primary N) is 1. The third-order valence-electron chi connectivity index (χ3n) is 5.27. The van der Waals surface area contributed by atoms with E-state index >= 15 is 0 Å². The summed E-state index contributed by atoms with van der Waals surface area (Å²) in [5.41, 5.74) is 5.64. The number of hydrogen-bond donors (Lipinski definition) is 3. The van der Waals surface area contributed by atoms with Crippen LogP contribution in [-0.4, -0.2) is 62.1 Å². The van der Waals surface area contributed by atoms with Gasteiger partial charge in [-0.05, 0) is 17.7 Å². The Balaban J connectivity index is 1.41. The Bertz CT molecular complexity index is 1150. The van der Waals surface area contributed by atoms with Gasteiger partial charge in [0.05, 0.1) is 12.3 Å². The largest absolute Gasteiger partial charge is 0.508 e. The Kier molecular flexibility index (Phi) is 5.91. The summed E-state index contributed by atoms with van der Waals surface area (Å²) >= 11 is 0. The number of aliphatic hydroxyl groups is 2. The van der Waals surface area contributed by atoms with Crippen molar-refractivity contribution >= 4 is 17.5 Å². The molecule has 32 heavy (non-hydrogen) atoms. The van der Waals surface area contributed by atoms with Gasteiger partial charge in [-0.3, -0.25) is 9.58 Å². The van der Waals surface area contributed by atoms with E-state index in [1.165, 1.54) is 10.8 Å². The number of nitrogen functional groups attached to an aromatic ring is 1. The molecule has 4 atom stereocenters. The van der Waals surface area contributed by atoms with Gasteiger partial charge < -0.3 is 25.4 Å². The number of carbonyl (C=O) groups is 1. The second-order valence-corrected chi connectivity index (χ2v) is 7.25. The van der Waals surface area contributed by atoms with Gasteiger partial charge in [0.15, 0.2) is 11.9 Å². The molecular formula is C21H21N5O6. The first kappa shape index (κ1) is 21.5. The van der Waals surface area contributed by atoms with Gasteiger partial charge in [-0.2, -0.15) is 5.10 Å². The van der Waals surface area contributed by atoms with E-state index in [0.717, 1.165) is 5.56 Å². The van der Waals surface area contributed by atoms with Crippen molar-refractivity contribution in [3.8, 4) is 0 Å². The number of ether oxygens (including phenoxy) is 3. The molecule has 1 aliphatic heterocycles. The van der Waals surface area contributed by atoms with Gasteiger partial charge >= 0.3 is 11.9 Å². The summed E-state index contributed by atoms with van der Waals surface area (Å²) in [4.78, 5) is 19.2. The van der Waals surface area contributed by atoms with E-state index in [2.05, 4.69) is 14.9 Å². The van der Waals surface area contributed by atoms with Crippen molar-refractivity contribution < 1.29 is 29.2 Å². The van der Waals surface area contributed by atoms with Crippen LogP contribution in [0.1, 0.15) is 17.4 Å². The number of fused-ring (bicyclic) bond motifs is 1. The van der Waals surface area contributed by atoms with Gasteiger partial charge in [-0.1, -0.05) is 30.3 Å². The lowest BCUT2D eigenvalue weighted by atomic mass is 10.0. The minimum Gasteiger partial charge on any atom is -0.434 e. The number of aliphatic hydroxyl groups excluding tert-OH is 2. The monoisotopic (exact) mass is 439 g/mol. The molecule has 11 nitrogen and oxygen atoms in total. The smallest absolute Gasteiger partial charge is 0.434 e. The SMILES string of the molecule is [C-]#[N+][C@]1(COC(=O)OCCc2ccccc2)O[C@@H](c2ccc3c(N)ncnn23)[C@H](O)[C@@H]1O. The molecule has 2 aromatic heterocycles. The molecule has 1 saturated heterocycles. The first-order chi connectivity index (χ1) is 15.4. The molecule has 0 spiro atoms. The second-order valence-electron chi connectivity index (χ2n) is 7.25. The molecule has 0 radical (unpaired) electrons. The Labute approximate surface area is 182 Å². The van der Waals surface area contributed by atoms with Crippen LogP contribution in [0, 0.1) is 6.57 Å². The highest BCUT2D eigenvalue weighted by molar-refractivity contribution is 5.65. The number of nitrogens with zero attached hydrogens (tertiary/aromatic N) is 4. The zero-order valence-electron chi connectivity index (χ0n) is 16.9. The molecule has 0 unspecified atom stereocenters. The molecule has 0 saturated carbocycles. The first-order valence-corrected chi connectivity index (χ1v) is 9.79. The Morgan fingerprint density at radius 1 is 1.25 bits per heavy atom. The third kappa shape index (κ3) is 3.94. The van der Waals surface area contributed by atoms with Gasteiger partial charge in [-0.15, -0.1) is 0 Å². The van der Waals surface area contributed by atoms with E-state index in [0.29, 0.717) is 17.6 Å². The van der Waals surface area contributed by atoms with Crippen LogP contribution >= 0.6 is 0 Å². The summed E-state index contributed by atoms with van der Waals surface area (Å²) < 4.78 is 17.2. The minimum atomic E-state index is -2.01.